The second kappa shape index (κ2) is 9.31. The molecular weight excluding hydrogens is 434 g/mol. The van der Waals surface area contributed by atoms with Crippen LogP contribution in [0.5, 0.6) is 17.2 Å². The standard InChI is InChI=1S/C27H25NO6/c1-16-7-5-9-18(13-16)28-24(17-8-6-10-19(14-17)32-2)23(26(30)27(28)31)25(29)21-15-20(33-3)11-12-22(21)34-4/h5-15,24,29H,1-4H3/b25-23+. The lowest BCUT2D eigenvalue weighted by atomic mass is 9.94. The third-order valence-electron chi connectivity index (χ3n) is 5.80. The number of carbonyl (C=O) groups is 2. The molecule has 0 aliphatic carbocycles. The van der Waals surface area contributed by atoms with Gasteiger partial charge in [0.1, 0.15) is 23.0 Å². The van der Waals surface area contributed by atoms with E-state index in [4.69, 9.17) is 14.2 Å². The number of rotatable bonds is 6. The van der Waals surface area contributed by atoms with Crippen molar-refractivity contribution in [1.29, 1.82) is 0 Å². The molecule has 1 atom stereocenters. The van der Waals surface area contributed by atoms with Gasteiger partial charge in [-0.25, -0.2) is 0 Å². The van der Waals surface area contributed by atoms with Crippen LogP contribution in [0.15, 0.2) is 72.3 Å². The van der Waals surface area contributed by atoms with E-state index >= 15 is 0 Å². The van der Waals surface area contributed by atoms with E-state index in [0.717, 1.165) is 5.56 Å². The zero-order chi connectivity index (χ0) is 24.4. The van der Waals surface area contributed by atoms with E-state index in [2.05, 4.69) is 0 Å². The third kappa shape index (κ3) is 3.96. The van der Waals surface area contributed by atoms with Gasteiger partial charge >= 0.3 is 0 Å². The van der Waals surface area contributed by atoms with Crippen LogP contribution in [0.4, 0.5) is 5.69 Å². The van der Waals surface area contributed by atoms with Crippen LogP contribution < -0.4 is 19.1 Å². The molecule has 1 N–H and O–H groups in total. The van der Waals surface area contributed by atoms with E-state index in [9.17, 15) is 14.7 Å². The number of methoxy groups -OCH3 is 3. The predicted molar refractivity (Wildman–Crippen MR) is 129 cm³/mol. The highest BCUT2D eigenvalue weighted by Crippen LogP contribution is 2.44. The molecule has 0 bridgehead atoms. The van der Waals surface area contributed by atoms with E-state index in [1.54, 1.807) is 48.5 Å². The van der Waals surface area contributed by atoms with Crippen LogP contribution in [0.3, 0.4) is 0 Å². The van der Waals surface area contributed by atoms with Crippen molar-refractivity contribution in [3.63, 3.8) is 0 Å². The van der Waals surface area contributed by atoms with Crippen molar-refractivity contribution >= 4 is 23.1 Å². The summed E-state index contributed by atoms with van der Waals surface area (Å²) in [5.74, 6) is -0.514. The number of aryl methyl sites for hydroxylation is 1. The van der Waals surface area contributed by atoms with Crippen molar-refractivity contribution < 1.29 is 28.9 Å². The molecule has 3 aromatic rings. The molecule has 0 saturated carbocycles. The topological polar surface area (TPSA) is 85.3 Å². The molecule has 0 radical (unpaired) electrons. The first-order valence-corrected chi connectivity index (χ1v) is 10.6. The molecular formula is C27H25NO6. The quantitative estimate of drug-likeness (QED) is 0.328. The second-order valence-corrected chi connectivity index (χ2v) is 7.85. The molecule has 1 aliphatic heterocycles. The molecule has 1 heterocycles. The number of benzene rings is 3. The van der Waals surface area contributed by atoms with E-state index in [1.807, 2.05) is 25.1 Å². The highest BCUT2D eigenvalue weighted by Gasteiger charge is 2.47. The van der Waals surface area contributed by atoms with Crippen molar-refractivity contribution in [3.05, 3.63) is 89.0 Å². The lowest BCUT2D eigenvalue weighted by molar-refractivity contribution is -0.132. The van der Waals surface area contributed by atoms with Gasteiger partial charge in [0.05, 0.1) is 38.5 Å². The zero-order valence-corrected chi connectivity index (χ0v) is 19.4. The summed E-state index contributed by atoms with van der Waals surface area (Å²) in [6.45, 7) is 1.90. The summed E-state index contributed by atoms with van der Waals surface area (Å²) in [6.07, 6.45) is 0. The maximum Gasteiger partial charge on any atom is 0.300 e. The summed E-state index contributed by atoms with van der Waals surface area (Å²) >= 11 is 0. The number of nitrogens with zero attached hydrogens (tertiary/aromatic N) is 1. The molecule has 1 amide bonds. The Morgan fingerprint density at radius 1 is 0.853 bits per heavy atom. The van der Waals surface area contributed by atoms with E-state index in [0.29, 0.717) is 28.5 Å². The number of anilines is 1. The minimum absolute atomic E-state index is 0.0497. The van der Waals surface area contributed by atoms with Gasteiger partial charge in [-0.05, 0) is 60.5 Å². The summed E-state index contributed by atoms with van der Waals surface area (Å²) in [5.41, 5.74) is 2.29. The maximum absolute atomic E-state index is 13.4. The number of ketones is 1. The number of ether oxygens (including phenoxy) is 3. The predicted octanol–water partition coefficient (Wildman–Crippen LogP) is 4.65. The van der Waals surface area contributed by atoms with Crippen molar-refractivity contribution in [2.45, 2.75) is 13.0 Å². The van der Waals surface area contributed by atoms with Gasteiger partial charge in [-0.15, -0.1) is 0 Å². The Labute approximate surface area is 197 Å². The fraction of sp³-hybridized carbons (Fsp3) is 0.185. The van der Waals surface area contributed by atoms with Gasteiger partial charge in [-0.1, -0.05) is 24.3 Å². The van der Waals surface area contributed by atoms with Gasteiger partial charge in [0, 0.05) is 5.69 Å². The fourth-order valence-electron chi connectivity index (χ4n) is 4.15. The van der Waals surface area contributed by atoms with Crippen LogP contribution in [0.1, 0.15) is 22.7 Å². The molecule has 7 heteroatoms. The van der Waals surface area contributed by atoms with E-state index < -0.39 is 17.7 Å². The first-order chi connectivity index (χ1) is 16.4. The molecule has 1 fully saturated rings. The monoisotopic (exact) mass is 459 g/mol. The Morgan fingerprint density at radius 2 is 1.56 bits per heavy atom. The number of amides is 1. The molecule has 1 aliphatic rings. The van der Waals surface area contributed by atoms with Gasteiger partial charge in [-0.2, -0.15) is 0 Å². The minimum atomic E-state index is -0.882. The van der Waals surface area contributed by atoms with E-state index in [-0.39, 0.29) is 16.9 Å². The lowest BCUT2D eigenvalue weighted by Crippen LogP contribution is -2.29. The molecule has 7 nitrogen and oxygen atoms in total. The zero-order valence-electron chi connectivity index (χ0n) is 19.4. The van der Waals surface area contributed by atoms with Crippen LogP contribution >= 0.6 is 0 Å². The van der Waals surface area contributed by atoms with Crippen LogP contribution in [0, 0.1) is 6.92 Å². The molecule has 0 spiro atoms. The Kier molecular flexibility index (Phi) is 6.27. The molecule has 3 aromatic carbocycles. The van der Waals surface area contributed by atoms with Gasteiger partial charge in [0.25, 0.3) is 11.7 Å². The van der Waals surface area contributed by atoms with Crippen LogP contribution in [0.2, 0.25) is 0 Å². The fourth-order valence-corrected chi connectivity index (χ4v) is 4.15. The number of hydrogen-bond acceptors (Lipinski definition) is 6. The number of aliphatic hydroxyl groups is 1. The number of carbonyl (C=O) groups excluding carboxylic acids is 2. The highest BCUT2D eigenvalue weighted by atomic mass is 16.5. The largest absolute Gasteiger partial charge is 0.507 e. The molecule has 34 heavy (non-hydrogen) atoms. The minimum Gasteiger partial charge on any atom is -0.507 e. The number of Topliss-reactive ketones (excluding diaryl/α,β-unsaturated/α-hetero) is 1. The SMILES string of the molecule is COc1cccc(C2/C(=C(\O)c3cc(OC)ccc3OC)C(=O)C(=O)N2c2cccc(C)c2)c1. The Balaban J connectivity index is 2.00. The van der Waals surface area contributed by atoms with E-state index in [1.165, 1.54) is 26.2 Å². The molecule has 1 saturated heterocycles. The number of aliphatic hydroxyl groups excluding tert-OH is 1. The van der Waals surface area contributed by atoms with Crippen molar-refractivity contribution in [2.75, 3.05) is 26.2 Å². The summed E-state index contributed by atoms with van der Waals surface area (Å²) in [6, 6.07) is 18.4. The third-order valence-corrected chi connectivity index (χ3v) is 5.80. The first-order valence-electron chi connectivity index (χ1n) is 10.6. The van der Waals surface area contributed by atoms with Crippen molar-refractivity contribution in [3.8, 4) is 17.2 Å². The Bertz CT molecular complexity index is 1300. The van der Waals surface area contributed by atoms with Gasteiger partial charge in [0.15, 0.2) is 0 Å². The average Bonchev–Trinajstić information content (AvgIpc) is 3.13. The normalized spacial score (nSPS) is 17.1. The number of hydrogen-bond donors (Lipinski definition) is 1. The summed E-state index contributed by atoms with van der Waals surface area (Å²) in [7, 11) is 4.50. The smallest absolute Gasteiger partial charge is 0.300 e. The van der Waals surface area contributed by atoms with Crippen molar-refractivity contribution in [1.82, 2.24) is 0 Å². The molecule has 0 aromatic heterocycles. The highest BCUT2D eigenvalue weighted by molar-refractivity contribution is 6.51. The Hall–Kier alpha value is -4.26. The first kappa shape index (κ1) is 22.9. The van der Waals surface area contributed by atoms with Gasteiger partial charge < -0.3 is 19.3 Å². The summed E-state index contributed by atoms with van der Waals surface area (Å²) < 4.78 is 16.1. The van der Waals surface area contributed by atoms with Gasteiger partial charge in [0.2, 0.25) is 0 Å². The molecule has 174 valence electrons. The maximum atomic E-state index is 13.4. The second-order valence-electron chi connectivity index (χ2n) is 7.85. The average molecular weight is 459 g/mol. The summed E-state index contributed by atoms with van der Waals surface area (Å²) in [4.78, 5) is 28.1. The summed E-state index contributed by atoms with van der Waals surface area (Å²) in [5, 5.41) is 11.4. The Morgan fingerprint density at radius 3 is 2.24 bits per heavy atom. The lowest BCUT2D eigenvalue weighted by Gasteiger charge is -2.26. The molecule has 4 rings (SSSR count). The van der Waals surface area contributed by atoms with Crippen LogP contribution in [-0.4, -0.2) is 38.1 Å². The van der Waals surface area contributed by atoms with Crippen molar-refractivity contribution in [2.24, 2.45) is 0 Å². The van der Waals surface area contributed by atoms with Crippen LogP contribution in [0.25, 0.3) is 5.76 Å². The van der Waals surface area contributed by atoms with Gasteiger partial charge in [-0.3, -0.25) is 14.5 Å². The molecule has 1 unspecified atom stereocenters. The van der Waals surface area contributed by atoms with Crippen LogP contribution in [-0.2, 0) is 9.59 Å².